The largest absolute Gasteiger partial charge is 0.405 e. The molecule has 0 radical (unpaired) electrons. The van der Waals surface area contributed by atoms with E-state index in [1.807, 2.05) is 6.07 Å². The maximum absolute atomic E-state index is 11.8. The number of hydrogen-bond acceptors (Lipinski definition) is 5. The minimum atomic E-state index is -0.634. The molecule has 6 heteroatoms. The third kappa shape index (κ3) is 4.84. The number of hydrogen-bond donors (Lipinski definition) is 4. The van der Waals surface area contributed by atoms with Gasteiger partial charge in [0, 0.05) is 32.4 Å². The van der Waals surface area contributed by atoms with Gasteiger partial charge < -0.3 is 21.9 Å². The molecular formula is C17H24N4O2. The summed E-state index contributed by atoms with van der Waals surface area (Å²) in [6.07, 6.45) is 4.21. The first-order valence-corrected chi connectivity index (χ1v) is 7.69. The van der Waals surface area contributed by atoms with Gasteiger partial charge in [0.1, 0.15) is 0 Å². The number of β-amino-alcohol motifs (C(OH)–C–C–N with tert-alkyl or cyclic N) is 1. The van der Waals surface area contributed by atoms with Crippen molar-refractivity contribution in [2.24, 2.45) is 11.5 Å². The van der Waals surface area contributed by atoms with Crippen molar-refractivity contribution in [1.29, 1.82) is 0 Å². The molecule has 0 saturated heterocycles. The zero-order chi connectivity index (χ0) is 16.7. The number of nitrogens with two attached hydrogens (primary N) is 2. The third-order valence-electron chi connectivity index (χ3n) is 3.89. The lowest BCUT2D eigenvalue weighted by atomic mass is 10.00. The van der Waals surface area contributed by atoms with E-state index in [1.54, 1.807) is 0 Å². The number of aliphatic hydroxyl groups excluding tert-OH is 1. The van der Waals surface area contributed by atoms with E-state index in [0.29, 0.717) is 6.54 Å². The van der Waals surface area contributed by atoms with Gasteiger partial charge in [-0.05, 0) is 29.8 Å². The second-order valence-electron chi connectivity index (χ2n) is 5.60. The normalized spacial score (nSPS) is 17.0. The molecule has 124 valence electrons. The summed E-state index contributed by atoms with van der Waals surface area (Å²) in [5, 5.41) is 12.8. The first-order chi connectivity index (χ1) is 11.1. The Morgan fingerprint density at radius 3 is 2.78 bits per heavy atom. The first-order valence-electron chi connectivity index (χ1n) is 7.69. The molecule has 0 unspecified atom stereocenters. The van der Waals surface area contributed by atoms with Crippen LogP contribution in [-0.2, 0) is 17.8 Å². The van der Waals surface area contributed by atoms with Gasteiger partial charge in [0.05, 0.1) is 11.7 Å². The summed E-state index contributed by atoms with van der Waals surface area (Å²) < 4.78 is 0. The van der Waals surface area contributed by atoms with Crippen LogP contribution in [0, 0.1) is 0 Å². The maximum Gasteiger partial charge on any atom is 0.252 e. The fraction of sp³-hybridized carbons (Fsp3) is 0.353. The Balaban J connectivity index is 1.80. The van der Waals surface area contributed by atoms with Crippen LogP contribution in [0.5, 0.6) is 0 Å². The lowest BCUT2D eigenvalue weighted by Gasteiger charge is -2.30. The Kier molecular flexibility index (Phi) is 6.19. The maximum atomic E-state index is 11.8. The van der Waals surface area contributed by atoms with Crippen molar-refractivity contribution in [3.05, 3.63) is 59.4 Å². The van der Waals surface area contributed by atoms with Gasteiger partial charge in [0.25, 0.3) is 5.91 Å². The molecule has 1 amide bonds. The number of fused-ring (bicyclic) bond motifs is 1. The van der Waals surface area contributed by atoms with E-state index < -0.39 is 6.10 Å². The van der Waals surface area contributed by atoms with Gasteiger partial charge in [0.2, 0.25) is 0 Å². The molecule has 1 atom stereocenters. The predicted octanol–water partition coefficient (Wildman–Crippen LogP) is -0.163. The SMILES string of the molecule is N/C=C\C(=C/N)C(=O)NC[C@H](O)CN1CCc2ccccc2C1. The minimum absolute atomic E-state index is 0.173. The van der Waals surface area contributed by atoms with Crippen molar-refractivity contribution in [2.45, 2.75) is 19.1 Å². The number of rotatable bonds is 6. The van der Waals surface area contributed by atoms with Crippen molar-refractivity contribution >= 4 is 5.91 Å². The highest BCUT2D eigenvalue weighted by molar-refractivity contribution is 5.95. The summed E-state index contributed by atoms with van der Waals surface area (Å²) in [5.74, 6) is -0.350. The van der Waals surface area contributed by atoms with E-state index >= 15 is 0 Å². The highest BCUT2D eigenvalue weighted by Gasteiger charge is 2.18. The smallest absolute Gasteiger partial charge is 0.252 e. The van der Waals surface area contributed by atoms with Crippen LogP contribution >= 0.6 is 0 Å². The van der Waals surface area contributed by atoms with E-state index in [0.717, 1.165) is 19.5 Å². The van der Waals surface area contributed by atoms with Gasteiger partial charge in [-0.2, -0.15) is 0 Å². The van der Waals surface area contributed by atoms with Crippen molar-refractivity contribution < 1.29 is 9.90 Å². The van der Waals surface area contributed by atoms with Crippen molar-refractivity contribution in [3.63, 3.8) is 0 Å². The number of benzene rings is 1. The molecular weight excluding hydrogens is 292 g/mol. The van der Waals surface area contributed by atoms with Crippen LogP contribution in [-0.4, -0.2) is 41.7 Å². The van der Waals surface area contributed by atoms with Crippen molar-refractivity contribution in [2.75, 3.05) is 19.6 Å². The molecule has 6 N–H and O–H groups in total. The number of carbonyl (C=O) groups excluding carboxylic acids is 1. The Morgan fingerprint density at radius 1 is 1.35 bits per heavy atom. The molecule has 0 fully saturated rings. The summed E-state index contributed by atoms with van der Waals surface area (Å²) >= 11 is 0. The van der Waals surface area contributed by atoms with Crippen molar-refractivity contribution in [3.8, 4) is 0 Å². The molecule has 1 aliphatic heterocycles. The molecule has 0 aliphatic carbocycles. The van der Waals surface area contributed by atoms with Gasteiger partial charge >= 0.3 is 0 Å². The van der Waals surface area contributed by atoms with Crippen molar-refractivity contribution in [1.82, 2.24) is 10.2 Å². The van der Waals surface area contributed by atoms with Gasteiger partial charge in [-0.25, -0.2) is 0 Å². The molecule has 6 nitrogen and oxygen atoms in total. The number of amides is 1. The summed E-state index contributed by atoms with van der Waals surface area (Å²) in [4.78, 5) is 14.0. The van der Waals surface area contributed by atoms with E-state index in [-0.39, 0.29) is 18.0 Å². The van der Waals surface area contributed by atoms with Crippen LogP contribution < -0.4 is 16.8 Å². The average molecular weight is 316 g/mol. The van der Waals surface area contributed by atoms with Crippen LogP contribution in [0.15, 0.2) is 48.3 Å². The molecule has 1 heterocycles. The second-order valence-corrected chi connectivity index (χ2v) is 5.60. The Bertz CT molecular complexity index is 598. The molecule has 2 rings (SSSR count). The number of nitrogens with zero attached hydrogens (tertiary/aromatic N) is 1. The Hall–Kier alpha value is -2.31. The lowest BCUT2D eigenvalue weighted by molar-refractivity contribution is -0.117. The van der Waals surface area contributed by atoms with E-state index in [1.165, 1.54) is 29.6 Å². The van der Waals surface area contributed by atoms with E-state index in [4.69, 9.17) is 11.5 Å². The predicted molar refractivity (Wildman–Crippen MR) is 90.0 cm³/mol. The highest BCUT2D eigenvalue weighted by atomic mass is 16.3. The van der Waals surface area contributed by atoms with Gasteiger partial charge in [-0.15, -0.1) is 0 Å². The monoisotopic (exact) mass is 316 g/mol. The molecule has 1 aromatic rings. The van der Waals surface area contributed by atoms with Gasteiger partial charge in [-0.3, -0.25) is 9.69 Å². The summed E-state index contributed by atoms with van der Waals surface area (Å²) in [7, 11) is 0. The van der Waals surface area contributed by atoms with Crippen LogP contribution in [0.4, 0.5) is 0 Å². The topological polar surface area (TPSA) is 105 Å². The minimum Gasteiger partial charge on any atom is -0.405 e. The van der Waals surface area contributed by atoms with E-state index in [9.17, 15) is 9.90 Å². The quantitative estimate of drug-likeness (QED) is 0.431. The molecule has 0 saturated carbocycles. The standard InChI is InChI=1S/C17H24N4O2/c18-7-5-14(9-19)17(23)20-10-16(22)12-21-8-6-13-3-1-2-4-15(13)11-21/h1-5,7,9,16,22H,6,8,10-12,18-19H2,(H,20,23)/b7-5-,14-9+/t16-/m0/s1. The summed E-state index contributed by atoms with van der Waals surface area (Å²) in [6, 6.07) is 8.35. The molecule has 1 aromatic carbocycles. The summed E-state index contributed by atoms with van der Waals surface area (Å²) in [5.41, 5.74) is 13.6. The molecule has 23 heavy (non-hydrogen) atoms. The van der Waals surface area contributed by atoms with Crippen LogP contribution in [0.1, 0.15) is 11.1 Å². The zero-order valence-corrected chi connectivity index (χ0v) is 13.1. The fourth-order valence-corrected chi connectivity index (χ4v) is 2.70. The first kappa shape index (κ1) is 17.1. The van der Waals surface area contributed by atoms with Crippen LogP contribution in [0.3, 0.4) is 0 Å². The van der Waals surface area contributed by atoms with Crippen LogP contribution in [0.25, 0.3) is 0 Å². The Morgan fingerprint density at radius 2 is 2.09 bits per heavy atom. The molecule has 1 aliphatic rings. The average Bonchev–Trinajstić information content (AvgIpc) is 2.57. The molecule has 0 aromatic heterocycles. The van der Waals surface area contributed by atoms with Crippen LogP contribution in [0.2, 0.25) is 0 Å². The van der Waals surface area contributed by atoms with Gasteiger partial charge in [-0.1, -0.05) is 24.3 Å². The number of aliphatic hydroxyl groups is 1. The number of nitrogens with one attached hydrogen (secondary N) is 1. The van der Waals surface area contributed by atoms with E-state index in [2.05, 4.69) is 28.4 Å². The van der Waals surface area contributed by atoms with Gasteiger partial charge in [0.15, 0.2) is 0 Å². The molecule has 0 spiro atoms. The highest BCUT2D eigenvalue weighted by Crippen LogP contribution is 2.18. The fourth-order valence-electron chi connectivity index (χ4n) is 2.70. The zero-order valence-electron chi connectivity index (χ0n) is 13.1. The summed E-state index contributed by atoms with van der Waals surface area (Å²) in [6.45, 7) is 2.42. The second kappa shape index (κ2) is 8.36. The number of carbonyl (C=O) groups is 1. The molecule has 0 bridgehead atoms. The Labute approximate surface area is 136 Å². The third-order valence-corrected chi connectivity index (χ3v) is 3.89. The lowest BCUT2D eigenvalue weighted by Crippen LogP contribution is -2.42.